The molecule has 2 saturated heterocycles. The third kappa shape index (κ3) is 3.04. The van der Waals surface area contributed by atoms with Crippen molar-refractivity contribution in [1.82, 2.24) is 9.80 Å². The second-order valence-corrected chi connectivity index (χ2v) is 7.08. The number of nitrogens with zero attached hydrogens (tertiary/aromatic N) is 2. The lowest BCUT2D eigenvalue weighted by Crippen LogP contribution is -2.52. The molecule has 2 atom stereocenters. The number of amides is 2. The minimum Gasteiger partial charge on any atom is -0.454 e. The van der Waals surface area contributed by atoms with Crippen LogP contribution in [0.1, 0.15) is 31.2 Å². The Morgan fingerprint density at radius 1 is 1.12 bits per heavy atom. The Kier molecular flexibility index (Phi) is 4.57. The zero-order chi connectivity index (χ0) is 18.1. The molecule has 3 aliphatic heterocycles. The van der Waals surface area contributed by atoms with Crippen molar-refractivity contribution in [1.29, 1.82) is 0 Å². The lowest BCUT2D eigenvalue weighted by molar-refractivity contribution is -0.137. The van der Waals surface area contributed by atoms with Gasteiger partial charge in [0.05, 0.1) is 12.1 Å². The van der Waals surface area contributed by atoms with Gasteiger partial charge in [-0.1, -0.05) is 12.6 Å². The van der Waals surface area contributed by atoms with Crippen LogP contribution >= 0.6 is 0 Å². The summed E-state index contributed by atoms with van der Waals surface area (Å²) >= 11 is 0. The molecule has 1 aromatic carbocycles. The van der Waals surface area contributed by atoms with E-state index in [-0.39, 0.29) is 30.7 Å². The van der Waals surface area contributed by atoms with E-state index < -0.39 is 0 Å². The summed E-state index contributed by atoms with van der Waals surface area (Å²) in [7, 11) is 0. The first kappa shape index (κ1) is 16.9. The predicted octanol–water partition coefficient (Wildman–Crippen LogP) is 2.13. The summed E-state index contributed by atoms with van der Waals surface area (Å²) in [6.45, 7) is 5.36. The fraction of sp³-hybridized carbons (Fsp3) is 0.500. The fourth-order valence-electron chi connectivity index (χ4n) is 4.38. The smallest absolute Gasteiger partial charge is 0.246 e. The molecule has 0 bridgehead atoms. The van der Waals surface area contributed by atoms with Crippen LogP contribution in [-0.4, -0.2) is 53.6 Å². The number of aryl methyl sites for hydroxylation is 1. The normalized spacial score (nSPS) is 23.7. The van der Waals surface area contributed by atoms with Gasteiger partial charge in [-0.2, -0.15) is 0 Å². The monoisotopic (exact) mass is 356 g/mol. The SMILES string of the molecule is C=CC(=O)N1CCC2C1CCCN2C(=O)CCc1ccc2c(c1)OCO2. The van der Waals surface area contributed by atoms with Crippen LogP contribution in [0.5, 0.6) is 11.5 Å². The van der Waals surface area contributed by atoms with Gasteiger partial charge in [0.1, 0.15) is 0 Å². The number of hydrogen-bond donors (Lipinski definition) is 0. The average molecular weight is 356 g/mol. The van der Waals surface area contributed by atoms with Crippen LogP contribution in [0.2, 0.25) is 0 Å². The van der Waals surface area contributed by atoms with Crippen LogP contribution in [-0.2, 0) is 16.0 Å². The largest absolute Gasteiger partial charge is 0.454 e. The molecule has 6 nitrogen and oxygen atoms in total. The van der Waals surface area contributed by atoms with E-state index in [1.54, 1.807) is 0 Å². The second kappa shape index (κ2) is 7.02. The van der Waals surface area contributed by atoms with Crippen molar-refractivity contribution >= 4 is 11.8 Å². The quantitative estimate of drug-likeness (QED) is 0.776. The van der Waals surface area contributed by atoms with Crippen LogP contribution in [0, 0.1) is 0 Å². The van der Waals surface area contributed by atoms with Crippen LogP contribution in [0.25, 0.3) is 0 Å². The van der Waals surface area contributed by atoms with Gasteiger partial charge < -0.3 is 19.3 Å². The highest BCUT2D eigenvalue weighted by atomic mass is 16.7. The molecule has 1 aromatic rings. The van der Waals surface area contributed by atoms with E-state index in [9.17, 15) is 9.59 Å². The highest BCUT2D eigenvalue weighted by Crippen LogP contribution is 2.34. The molecule has 2 unspecified atom stereocenters. The summed E-state index contributed by atoms with van der Waals surface area (Å²) in [6, 6.07) is 6.13. The number of benzene rings is 1. The Labute approximate surface area is 153 Å². The van der Waals surface area contributed by atoms with Gasteiger partial charge in [-0.15, -0.1) is 0 Å². The van der Waals surface area contributed by atoms with Crippen molar-refractivity contribution in [3.8, 4) is 11.5 Å². The van der Waals surface area contributed by atoms with Gasteiger partial charge >= 0.3 is 0 Å². The highest BCUT2D eigenvalue weighted by Gasteiger charge is 2.42. The Balaban J connectivity index is 1.38. The number of hydrogen-bond acceptors (Lipinski definition) is 4. The first-order valence-corrected chi connectivity index (χ1v) is 9.28. The maximum Gasteiger partial charge on any atom is 0.246 e. The van der Waals surface area contributed by atoms with Crippen molar-refractivity contribution in [3.63, 3.8) is 0 Å². The molecule has 3 aliphatic rings. The van der Waals surface area contributed by atoms with Crippen LogP contribution in [0.4, 0.5) is 0 Å². The van der Waals surface area contributed by atoms with E-state index in [2.05, 4.69) is 6.58 Å². The van der Waals surface area contributed by atoms with E-state index in [1.165, 1.54) is 6.08 Å². The zero-order valence-electron chi connectivity index (χ0n) is 14.9. The fourth-order valence-corrected chi connectivity index (χ4v) is 4.38. The molecule has 0 N–H and O–H groups in total. The number of carbonyl (C=O) groups excluding carboxylic acids is 2. The Morgan fingerprint density at radius 2 is 1.92 bits per heavy atom. The number of ether oxygens (including phenoxy) is 2. The molecule has 0 spiro atoms. The summed E-state index contributed by atoms with van der Waals surface area (Å²) in [5, 5.41) is 0. The number of rotatable bonds is 4. The zero-order valence-corrected chi connectivity index (χ0v) is 14.9. The third-order valence-electron chi connectivity index (χ3n) is 5.65. The van der Waals surface area contributed by atoms with Crippen LogP contribution in [0.3, 0.4) is 0 Å². The van der Waals surface area contributed by atoms with E-state index in [4.69, 9.17) is 9.47 Å². The molecule has 0 aromatic heterocycles. The first-order valence-electron chi connectivity index (χ1n) is 9.28. The summed E-state index contributed by atoms with van der Waals surface area (Å²) < 4.78 is 10.7. The maximum absolute atomic E-state index is 12.8. The molecule has 3 heterocycles. The molecule has 6 heteroatoms. The van der Waals surface area contributed by atoms with Gasteiger partial charge in [0.15, 0.2) is 11.5 Å². The van der Waals surface area contributed by atoms with Gasteiger partial charge in [-0.3, -0.25) is 9.59 Å². The van der Waals surface area contributed by atoms with Gasteiger partial charge in [-0.25, -0.2) is 0 Å². The van der Waals surface area contributed by atoms with E-state index in [0.29, 0.717) is 19.4 Å². The van der Waals surface area contributed by atoms with E-state index in [1.807, 2.05) is 28.0 Å². The molecule has 138 valence electrons. The highest BCUT2D eigenvalue weighted by molar-refractivity contribution is 5.87. The summed E-state index contributed by atoms with van der Waals surface area (Å²) in [4.78, 5) is 28.8. The standard InChI is InChI=1S/C20H24N2O4/c1-2-19(23)22-11-9-16-15(22)4-3-10-21(16)20(24)8-6-14-5-7-17-18(12-14)26-13-25-17/h2,5,7,12,15-16H,1,3-4,6,8-11,13H2. The number of fused-ring (bicyclic) bond motifs is 2. The van der Waals surface area contributed by atoms with Gasteiger partial charge in [0.2, 0.25) is 18.6 Å². The van der Waals surface area contributed by atoms with Crippen molar-refractivity contribution in [3.05, 3.63) is 36.4 Å². The van der Waals surface area contributed by atoms with Gasteiger partial charge in [0.25, 0.3) is 0 Å². The molecular formula is C20H24N2O4. The van der Waals surface area contributed by atoms with Crippen molar-refractivity contribution in [2.75, 3.05) is 19.9 Å². The Bertz CT molecular complexity index is 733. The summed E-state index contributed by atoms with van der Waals surface area (Å²) in [5.41, 5.74) is 1.08. The molecule has 0 aliphatic carbocycles. The number of piperidine rings is 1. The molecule has 4 rings (SSSR count). The number of likely N-dealkylation sites (tertiary alicyclic amines) is 2. The van der Waals surface area contributed by atoms with E-state index in [0.717, 1.165) is 42.9 Å². The molecular weight excluding hydrogens is 332 g/mol. The van der Waals surface area contributed by atoms with Crippen molar-refractivity contribution < 1.29 is 19.1 Å². The molecule has 0 saturated carbocycles. The maximum atomic E-state index is 12.8. The number of carbonyl (C=O) groups is 2. The molecule has 0 radical (unpaired) electrons. The lowest BCUT2D eigenvalue weighted by atomic mass is 9.96. The Hall–Kier alpha value is -2.50. The average Bonchev–Trinajstić information content (AvgIpc) is 3.31. The molecule has 2 fully saturated rings. The molecule has 26 heavy (non-hydrogen) atoms. The Morgan fingerprint density at radius 3 is 2.77 bits per heavy atom. The minimum absolute atomic E-state index is 0.0211. The minimum atomic E-state index is -0.0211. The third-order valence-corrected chi connectivity index (χ3v) is 5.65. The van der Waals surface area contributed by atoms with Crippen molar-refractivity contribution in [2.24, 2.45) is 0 Å². The predicted molar refractivity (Wildman–Crippen MR) is 95.9 cm³/mol. The van der Waals surface area contributed by atoms with Gasteiger partial charge in [-0.05, 0) is 49.5 Å². The topological polar surface area (TPSA) is 59.1 Å². The molecule has 2 amide bonds. The summed E-state index contributed by atoms with van der Waals surface area (Å²) in [6.07, 6.45) is 5.30. The first-order chi connectivity index (χ1) is 12.7. The van der Waals surface area contributed by atoms with E-state index >= 15 is 0 Å². The second-order valence-electron chi connectivity index (χ2n) is 7.08. The summed E-state index contributed by atoms with van der Waals surface area (Å²) in [5.74, 6) is 1.66. The lowest BCUT2D eigenvalue weighted by Gasteiger charge is -2.39. The van der Waals surface area contributed by atoms with Crippen LogP contribution < -0.4 is 9.47 Å². The van der Waals surface area contributed by atoms with Crippen molar-refractivity contribution in [2.45, 2.75) is 44.2 Å². The van der Waals surface area contributed by atoms with Gasteiger partial charge in [0, 0.05) is 19.5 Å². The van der Waals surface area contributed by atoms with Crippen LogP contribution in [0.15, 0.2) is 30.9 Å².